The molecule has 0 saturated heterocycles. The third-order valence-electron chi connectivity index (χ3n) is 3.10. The van der Waals surface area contributed by atoms with E-state index in [2.05, 4.69) is 15.9 Å². The second-order valence-electron chi connectivity index (χ2n) is 4.83. The summed E-state index contributed by atoms with van der Waals surface area (Å²) < 4.78 is 53.1. The highest BCUT2D eigenvalue weighted by atomic mass is 79.9. The van der Waals surface area contributed by atoms with Crippen LogP contribution >= 0.6 is 15.9 Å². The van der Waals surface area contributed by atoms with Gasteiger partial charge in [-0.3, -0.25) is 4.79 Å². The predicted molar refractivity (Wildman–Crippen MR) is 87.8 cm³/mol. The SMILES string of the molecule is N#C/C(=C\c1cc(Br)ccc1F)C(=O)Nc1ccccc1C(F)(F)F. The van der Waals surface area contributed by atoms with E-state index in [-0.39, 0.29) is 5.56 Å². The molecule has 0 fully saturated rings. The van der Waals surface area contributed by atoms with Gasteiger partial charge in [0, 0.05) is 10.0 Å². The average Bonchev–Trinajstić information content (AvgIpc) is 2.55. The largest absolute Gasteiger partial charge is 0.418 e. The summed E-state index contributed by atoms with van der Waals surface area (Å²) in [6.45, 7) is 0. The van der Waals surface area contributed by atoms with Crippen LogP contribution in [0.4, 0.5) is 23.2 Å². The Balaban J connectivity index is 2.35. The van der Waals surface area contributed by atoms with Crippen molar-refractivity contribution in [3.05, 3.63) is 69.5 Å². The molecule has 0 aromatic heterocycles. The summed E-state index contributed by atoms with van der Waals surface area (Å²) in [7, 11) is 0. The third-order valence-corrected chi connectivity index (χ3v) is 3.60. The van der Waals surface area contributed by atoms with Crippen molar-refractivity contribution in [3.63, 3.8) is 0 Å². The van der Waals surface area contributed by atoms with E-state index < -0.39 is 34.7 Å². The van der Waals surface area contributed by atoms with Crippen LogP contribution in [0.5, 0.6) is 0 Å². The molecule has 0 bridgehead atoms. The number of hydrogen-bond acceptors (Lipinski definition) is 2. The molecule has 0 radical (unpaired) electrons. The average molecular weight is 413 g/mol. The first-order valence-electron chi connectivity index (χ1n) is 6.77. The zero-order valence-corrected chi connectivity index (χ0v) is 14.0. The molecule has 2 aromatic carbocycles. The van der Waals surface area contributed by atoms with Gasteiger partial charge in [-0.05, 0) is 36.4 Å². The molecule has 128 valence electrons. The number of nitriles is 1. The number of rotatable bonds is 3. The van der Waals surface area contributed by atoms with Crippen LogP contribution < -0.4 is 5.32 Å². The van der Waals surface area contributed by atoms with E-state index in [1.165, 1.54) is 24.3 Å². The van der Waals surface area contributed by atoms with Crippen molar-refractivity contribution in [2.24, 2.45) is 0 Å². The Morgan fingerprint density at radius 2 is 1.88 bits per heavy atom. The molecule has 25 heavy (non-hydrogen) atoms. The molecule has 0 heterocycles. The fourth-order valence-corrected chi connectivity index (χ4v) is 2.34. The Morgan fingerprint density at radius 1 is 1.20 bits per heavy atom. The van der Waals surface area contributed by atoms with Gasteiger partial charge in [0.1, 0.15) is 17.5 Å². The summed E-state index contributed by atoms with van der Waals surface area (Å²) in [5.74, 6) is -1.75. The highest BCUT2D eigenvalue weighted by Crippen LogP contribution is 2.34. The van der Waals surface area contributed by atoms with Crippen LogP contribution in [0.2, 0.25) is 0 Å². The van der Waals surface area contributed by atoms with Crippen LogP contribution in [-0.4, -0.2) is 5.91 Å². The van der Waals surface area contributed by atoms with Gasteiger partial charge in [0.2, 0.25) is 0 Å². The molecule has 0 saturated carbocycles. The van der Waals surface area contributed by atoms with Crippen molar-refractivity contribution in [1.29, 1.82) is 5.26 Å². The molecule has 0 aliphatic rings. The lowest BCUT2D eigenvalue weighted by atomic mass is 10.1. The van der Waals surface area contributed by atoms with Crippen molar-refractivity contribution in [1.82, 2.24) is 0 Å². The lowest BCUT2D eigenvalue weighted by molar-refractivity contribution is -0.137. The molecule has 0 unspecified atom stereocenters. The minimum Gasteiger partial charge on any atom is -0.321 e. The molecular weight excluding hydrogens is 404 g/mol. The normalized spacial score (nSPS) is 11.8. The number of hydrogen-bond donors (Lipinski definition) is 1. The molecule has 1 amide bonds. The summed E-state index contributed by atoms with van der Waals surface area (Å²) in [5.41, 5.74) is -2.12. The molecule has 2 rings (SSSR count). The van der Waals surface area contributed by atoms with Crippen molar-refractivity contribution in [3.8, 4) is 6.07 Å². The maximum Gasteiger partial charge on any atom is 0.418 e. The van der Waals surface area contributed by atoms with Crippen LogP contribution in [0.15, 0.2) is 52.5 Å². The van der Waals surface area contributed by atoms with E-state index >= 15 is 0 Å². The van der Waals surface area contributed by atoms with Gasteiger partial charge in [-0.1, -0.05) is 28.1 Å². The molecule has 0 aliphatic carbocycles. The number of nitrogens with zero attached hydrogens (tertiary/aromatic N) is 1. The van der Waals surface area contributed by atoms with Crippen molar-refractivity contribution in [2.45, 2.75) is 6.18 Å². The van der Waals surface area contributed by atoms with Crippen LogP contribution in [0.3, 0.4) is 0 Å². The van der Waals surface area contributed by atoms with E-state index in [0.717, 1.165) is 24.3 Å². The number of benzene rings is 2. The van der Waals surface area contributed by atoms with E-state index in [0.29, 0.717) is 4.47 Å². The second kappa shape index (κ2) is 7.49. The number of anilines is 1. The summed E-state index contributed by atoms with van der Waals surface area (Å²) >= 11 is 3.13. The Hall–Kier alpha value is -2.66. The predicted octanol–water partition coefficient (Wildman–Crippen LogP) is 5.15. The second-order valence-corrected chi connectivity index (χ2v) is 5.75. The van der Waals surface area contributed by atoms with E-state index in [1.807, 2.05) is 5.32 Å². The van der Waals surface area contributed by atoms with E-state index in [9.17, 15) is 22.4 Å². The van der Waals surface area contributed by atoms with Gasteiger partial charge < -0.3 is 5.32 Å². The number of para-hydroxylation sites is 1. The van der Waals surface area contributed by atoms with Crippen molar-refractivity contribution in [2.75, 3.05) is 5.32 Å². The fraction of sp³-hybridized carbons (Fsp3) is 0.0588. The van der Waals surface area contributed by atoms with Crippen LogP contribution in [0.25, 0.3) is 6.08 Å². The molecule has 8 heteroatoms. The topological polar surface area (TPSA) is 52.9 Å². The standard InChI is InChI=1S/C17H9BrF4N2O/c18-12-5-6-14(19)10(8-12)7-11(9-23)16(25)24-15-4-2-1-3-13(15)17(20,21)22/h1-8H,(H,24,25)/b11-7+. The molecule has 3 nitrogen and oxygen atoms in total. The number of carbonyl (C=O) groups is 1. The first-order valence-corrected chi connectivity index (χ1v) is 7.56. The van der Waals surface area contributed by atoms with Gasteiger partial charge in [0.25, 0.3) is 5.91 Å². The first kappa shape index (κ1) is 18.7. The lowest BCUT2D eigenvalue weighted by Gasteiger charge is -2.13. The van der Waals surface area contributed by atoms with Gasteiger partial charge in [0.05, 0.1) is 11.3 Å². The fourth-order valence-electron chi connectivity index (χ4n) is 1.96. The van der Waals surface area contributed by atoms with E-state index in [1.54, 1.807) is 6.07 Å². The summed E-state index contributed by atoms with van der Waals surface area (Å²) in [6, 6.07) is 9.81. The quantitative estimate of drug-likeness (QED) is 0.430. The monoisotopic (exact) mass is 412 g/mol. The minimum absolute atomic E-state index is 0.0508. The summed E-state index contributed by atoms with van der Waals surface area (Å²) in [4.78, 5) is 12.1. The maximum absolute atomic E-state index is 13.7. The molecular formula is C17H9BrF4N2O. The lowest BCUT2D eigenvalue weighted by Crippen LogP contribution is -2.17. The molecule has 1 N–H and O–H groups in total. The zero-order valence-electron chi connectivity index (χ0n) is 12.4. The van der Waals surface area contributed by atoms with Crippen LogP contribution in [0, 0.1) is 17.1 Å². The van der Waals surface area contributed by atoms with Crippen molar-refractivity contribution >= 4 is 33.6 Å². The minimum atomic E-state index is -4.67. The molecule has 0 atom stereocenters. The Morgan fingerprint density at radius 3 is 2.52 bits per heavy atom. The summed E-state index contributed by atoms with van der Waals surface area (Å²) in [6.07, 6.45) is -3.71. The smallest absolute Gasteiger partial charge is 0.321 e. The highest BCUT2D eigenvalue weighted by Gasteiger charge is 2.33. The van der Waals surface area contributed by atoms with Crippen LogP contribution in [0.1, 0.15) is 11.1 Å². The van der Waals surface area contributed by atoms with Gasteiger partial charge in [0.15, 0.2) is 0 Å². The summed E-state index contributed by atoms with van der Waals surface area (Å²) in [5, 5.41) is 11.1. The van der Waals surface area contributed by atoms with Gasteiger partial charge in [-0.25, -0.2) is 4.39 Å². The number of amides is 1. The number of carbonyl (C=O) groups excluding carboxylic acids is 1. The number of alkyl halides is 3. The maximum atomic E-state index is 13.7. The van der Waals surface area contributed by atoms with Crippen molar-refractivity contribution < 1.29 is 22.4 Å². The van der Waals surface area contributed by atoms with E-state index in [4.69, 9.17) is 5.26 Å². The molecule has 0 aliphatic heterocycles. The Kier molecular flexibility index (Phi) is 5.59. The van der Waals surface area contributed by atoms with Crippen LogP contribution in [-0.2, 0) is 11.0 Å². The Bertz CT molecular complexity index is 885. The molecule has 2 aromatic rings. The first-order chi connectivity index (χ1) is 11.7. The van der Waals surface area contributed by atoms with Gasteiger partial charge in [-0.15, -0.1) is 0 Å². The highest BCUT2D eigenvalue weighted by molar-refractivity contribution is 9.10. The third kappa shape index (κ3) is 4.67. The number of halogens is 5. The molecule has 0 spiro atoms. The number of nitrogens with one attached hydrogen (secondary N) is 1. The zero-order chi connectivity index (χ0) is 18.6. The van der Waals surface area contributed by atoms with Gasteiger partial charge in [-0.2, -0.15) is 18.4 Å². The van der Waals surface area contributed by atoms with Gasteiger partial charge >= 0.3 is 6.18 Å². The Labute approximate surface area is 148 Å².